The van der Waals surface area contributed by atoms with Crippen LogP contribution in [0, 0.1) is 17.8 Å². The Morgan fingerprint density at radius 2 is 1.75 bits per heavy atom. The van der Waals surface area contributed by atoms with E-state index in [1.807, 2.05) is 6.07 Å². The summed E-state index contributed by atoms with van der Waals surface area (Å²) in [7, 11) is 1.79. The number of methoxy groups -OCH3 is 1. The Balaban J connectivity index is 1.36. The van der Waals surface area contributed by atoms with E-state index in [-0.39, 0.29) is 11.2 Å². The van der Waals surface area contributed by atoms with Crippen LogP contribution < -0.4 is 14.2 Å². The maximum atomic E-state index is 10.8. The molecule has 1 N–H and O–H groups in total. The van der Waals surface area contributed by atoms with Gasteiger partial charge in [-0.25, -0.2) is 4.79 Å². The van der Waals surface area contributed by atoms with Gasteiger partial charge in [0, 0.05) is 17.2 Å². The van der Waals surface area contributed by atoms with Crippen molar-refractivity contribution in [2.45, 2.75) is 43.9 Å². The molecule has 0 amide bonds. The van der Waals surface area contributed by atoms with E-state index in [1.54, 1.807) is 19.2 Å². The zero-order valence-electron chi connectivity index (χ0n) is 18.3. The highest BCUT2D eigenvalue weighted by Crippen LogP contribution is 2.62. The average molecular weight is 433 g/mol. The first-order valence-electron chi connectivity index (χ1n) is 11.6. The lowest BCUT2D eigenvalue weighted by molar-refractivity contribution is -0.00616. The van der Waals surface area contributed by atoms with E-state index in [0.717, 1.165) is 34.6 Å². The number of benzene rings is 2. The molecule has 166 valence electrons. The summed E-state index contributed by atoms with van der Waals surface area (Å²) in [4.78, 5) is 10.8. The number of carbonyl (C=O) groups is 1. The van der Waals surface area contributed by atoms with Crippen molar-refractivity contribution in [1.29, 1.82) is 0 Å². The molecular weight excluding hydrogens is 404 g/mol. The highest BCUT2D eigenvalue weighted by molar-refractivity contribution is 5.86. The highest BCUT2D eigenvalue weighted by Gasteiger charge is 2.52. The molecular formula is C27H28O5. The molecule has 32 heavy (non-hydrogen) atoms. The van der Waals surface area contributed by atoms with E-state index in [9.17, 15) is 4.79 Å². The summed E-state index contributed by atoms with van der Waals surface area (Å²) in [5.41, 5.74) is 4.86. The zero-order valence-corrected chi connectivity index (χ0v) is 18.3. The van der Waals surface area contributed by atoms with Crippen molar-refractivity contribution in [2.75, 3.05) is 13.7 Å². The Morgan fingerprint density at radius 3 is 2.41 bits per heavy atom. The second-order valence-electron chi connectivity index (χ2n) is 10.1. The zero-order chi connectivity index (χ0) is 21.9. The molecule has 0 radical (unpaired) electrons. The van der Waals surface area contributed by atoms with Crippen LogP contribution in [0.3, 0.4) is 0 Å². The van der Waals surface area contributed by atoms with Crippen LogP contribution in [-0.4, -0.2) is 25.0 Å². The number of ether oxygens (including phenoxy) is 3. The van der Waals surface area contributed by atoms with Crippen LogP contribution in [0.15, 0.2) is 36.4 Å². The Bertz CT molecular complexity index is 1080. The van der Waals surface area contributed by atoms with E-state index in [2.05, 4.69) is 24.3 Å². The molecule has 2 aromatic rings. The minimum Gasteiger partial charge on any atom is -0.496 e. The monoisotopic (exact) mass is 432 g/mol. The predicted octanol–water partition coefficient (Wildman–Crippen LogP) is 6.15. The molecule has 5 aliphatic rings. The van der Waals surface area contributed by atoms with Gasteiger partial charge in [0.2, 0.25) is 0 Å². The molecule has 5 heteroatoms. The molecule has 0 aromatic heterocycles. The lowest BCUT2D eigenvalue weighted by atomic mass is 9.48. The van der Waals surface area contributed by atoms with Crippen LogP contribution in [-0.2, 0) is 5.41 Å². The van der Waals surface area contributed by atoms with Gasteiger partial charge in [-0.3, -0.25) is 0 Å². The standard InChI is InChI=1S/C27H28O5/c1-30-24-5-3-19(10-23(24)27-12-16-6-17(13-27)8-18(7-16)14-27)21-9-20-2-4-22(32-26(28)29)11-25(20)31-15-21/h2-5,9-11,16-18H,6-8,12-15H2,1H3,(H,28,29). The smallest absolute Gasteiger partial charge is 0.496 e. The van der Waals surface area contributed by atoms with Gasteiger partial charge in [0.05, 0.1) is 7.11 Å². The molecule has 4 aliphatic carbocycles. The Morgan fingerprint density at radius 1 is 1.03 bits per heavy atom. The van der Waals surface area contributed by atoms with Crippen molar-refractivity contribution in [1.82, 2.24) is 0 Å². The van der Waals surface area contributed by atoms with Crippen LogP contribution in [0.2, 0.25) is 0 Å². The summed E-state index contributed by atoms with van der Waals surface area (Å²) in [6, 6.07) is 11.7. The van der Waals surface area contributed by atoms with Gasteiger partial charge in [-0.15, -0.1) is 0 Å². The summed E-state index contributed by atoms with van der Waals surface area (Å²) in [5.74, 6) is 4.55. The first-order chi connectivity index (χ1) is 15.5. The fourth-order valence-corrected chi connectivity index (χ4v) is 7.24. The number of fused-ring (bicyclic) bond motifs is 1. The molecule has 7 rings (SSSR count). The summed E-state index contributed by atoms with van der Waals surface area (Å²) >= 11 is 0. The Hall–Kier alpha value is -2.95. The maximum absolute atomic E-state index is 10.8. The van der Waals surface area contributed by atoms with E-state index in [1.165, 1.54) is 49.7 Å². The van der Waals surface area contributed by atoms with Crippen molar-refractivity contribution >= 4 is 17.8 Å². The van der Waals surface area contributed by atoms with E-state index < -0.39 is 6.16 Å². The second kappa shape index (κ2) is 7.29. The SMILES string of the molecule is COc1ccc(C2=Cc3ccc(OC(=O)O)cc3OC2)cc1C12CC3CC(CC(C3)C1)C2. The van der Waals surface area contributed by atoms with Crippen LogP contribution in [0.25, 0.3) is 11.6 Å². The molecule has 0 unspecified atom stereocenters. The molecule has 4 bridgehead atoms. The van der Waals surface area contributed by atoms with Gasteiger partial charge in [0.25, 0.3) is 0 Å². The minimum absolute atomic E-state index is 0.257. The second-order valence-corrected chi connectivity index (χ2v) is 10.1. The van der Waals surface area contributed by atoms with Gasteiger partial charge < -0.3 is 19.3 Å². The summed E-state index contributed by atoms with van der Waals surface area (Å²) in [6.07, 6.45) is 8.96. The molecule has 2 aromatic carbocycles. The first kappa shape index (κ1) is 19.7. The van der Waals surface area contributed by atoms with Crippen molar-refractivity contribution in [3.8, 4) is 17.2 Å². The number of hydrogen-bond donors (Lipinski definition) is 1. The van der Waals surface area contributed by atoms with Gasteiger partial charge in [0.15, 0.2) is 0 Å². The Kier molecular flexibility index (Phi) is 4.49. The summed E-state index contributed by atoms with van der Waals surface area (Å²) < 4.78 is 16.6. The fraction of sp³-hybridized carbons (Fsp3) is 0.444. The van der Waals surface area contributed by atoms with Crippen molar-refractivity contribution in [3.63, 3.8) is 0 Å². The first-order valence-corrected chi connectivity index (χ1v) is 11.6. The van der Waals surface area contributed by atoms with Crippen LogP contribution >= 0.6 is 0 Å². The van der Waals surface area contributed by atoms with Gasteiger partial charge in [0.1, 0.15) is 23.9 Å². The number of carboxylic acid groups (broad SMARTS) is 1. The van der Waals surface area contributed by atoms with Gasteiger partial charge in [-0.2, -0.15) is 0 Å². The molecule has 1 heterocycles. The molecule has 0 spiro atoms. The maximum Gasteiger partial charge on any atom is 0.511 e. The molecule has 1 aliphatic heterocycles. The largest absolute Gasteiger partial charge is 0.511 e. The topological polar surface area (TPSA) is 65.0 Å². The fourth-order valence-electron chi connectivity index (χ4n) is 7.24. The minimum atomic E-state index is -1.33. The number of rotatable bonds is 4. The van der Waals surface area contributed by atoms with E-state index >= 15 is 0 Å². The quantitative estimate of drug-likeness (QED) is 0.463. The van der Waals surface area contributed by atoms with E-state index in [0.29, 0.717) is 12.4 Å². The lowest BCUT2D eigenvalue weighted by Gasteiger charge is -2.57. The van der Waals surface area contributed by atoms with Gasteiger partial charge >= 0.3 is 6.16 Å². The van der Waals surface area contributed by atoms with Crippen molar-refractivity contribution in [3.05, 3.63) is 53.1 Å². The summed E-state index contributed by atoms with van der Waals surface area (Å²) in [5, 5.41) is 8.83. The van der Waals surface area contributed by atoms with Crippen LogP contribution in [0.4, 0.5) is 4.79 Å². The molecule has 4 fully saturated rings. The highest BCUT2D eigenvalue weighted by atomic mass is 16.7. The van der Waals surface area contributed by atoms with Crippen molar-refractivity contribution in [2.24, 2.45) is 17.8 Å². The molecule has 4 saturated carbocycles. The average Bonchev–Trinajstić information content (AvgIpc) is 2.77. The third kappa shape index (κ3) is 3.26. The third-order valence-electron chi connectivity index (χ3n) is 8.08. The number of hydrogen-bond acceptors (Lipinski definition) is 4. The normalized spacial score (nSPS) is 29.7. The van der Waals surface area contributed by atoms with Crippen molar-refractivity contribution < 1.29 is 24.1 Å². The molecule has 0 atom stereocenters. The molecule has 5 nitrogen and oxygen atoms in total. The van der Waals surface area contributed by atoms with Gasteiger partial charge in [-0.1, -0.05) is 6.07 Å². The Labute approximate surface area is 188 Å². The van der Waals surface area contributed by atoms with E-state index in [4.69, 9.17) is 19.3 Å². The predicted molar refractivity (Wildman–Crippen MR) is 121 cm³/mol. The van der Waals surface area contributed by atoms with Crippen LogP contribution in [0.5, 0.6) is 17.2 Å². The third-order valence-corrected chi connectivity index (χ3v) is 8.08. The molecule has 0 saturated heterocycles. The van der Waals surface area contributed by atoms with Gasteiger partial charge in [-0.05, 0) is 103 Å². The lowest BCUT2D eigenvalue weighted by Crippen LogP contribution is -2.48. The van der Waals surface area contributed by atoms with Crippen LogP contribution in [0.1, 0.15) is 55.2 Å². The summed E-state index contributed by atoms with van der Waals surface area (Å²) in [6.45, 7) is 0.441.